The molecule has 1 heterocycles. The number of anilines is 1. The monoisotopic (exact) mass is 399 g/mol. The number of aryl methyl sites for hydroxylation is 1. The van der Waals surface area contributed by atoms with Gasteiger partial charge in [0.15, 0.2) is 5.82 Å². The summed E-state index contributed by atoms with van der Waals surface area (Å²) in [6.07, 6.45) is 2.15. The molecule has 0 aliphatic heterocycles. The normalized spacial score (nSPS) is 11.8. The summed E-state index contributed by atoms with van der Waals surface area (Å²) in [6.45, 7) is 0. The third-order valence-corrected chi connectivity index (χ3v) is 4.81. The standard InChI is InChI=1S/C25H22FN3O/c26-21-14-12-19(13-15-21)22-17-27-25(24(28-22)20-9-5-2-6-10-20)29-23(30)16-11-18-7-3-1-4-8-18/h1-10,12-15,17,23,30H,11,16H2,(H,27,29). The first-order chi connectivity index (χ1) is 14.7. The van der Waals surface area contributed by atoms with E-state index in [4.69, 9.17) is 4.98 Å². The largest absolute Gasteiger partial charge is 0.374 e. The summed E-state index contributed by atoms with van der Waals surface area (Å²) in [5, 5.41) is 13.6. The van der Waals surface area contributed by atoms with Crippen molar-refractivity contribution in [3.05, 3.63) is 103 Å². The summed E-state index contributed by atoms with van der Waals surface area (Å²) in [4.78, 5) is 9.28. The number of aliphatic hydroxyl groups is 1. The van der Waals surface area contributed by atoms with Crippen LogP contribution in [-0.4, -0.2) is 21.3 Å². The van der Waals surface area contributed by atoms with Gasteiger partial charge >= 0.3 is 0 Å². The van der Waals surface area contributed by atoms with E-state index in [0.717, 1.165) is 17.5 Å². The second kappa shape index (κ2) is 9.29. The van der Waals surface area contributed by atoms with Crippen LogP contribution in [0.1, 0.15) is 12.0 Å². The number of halogens is 1. The van der Waals surface area contributed by atoms with Crippen LogP contribution in [0.4, 0.5) is 10.2 Å². The molecule has 0 aliphatic carbocycles. The van der Waals surface area contributed by atoms with Crippen molar-refractivity contribution < 1.29 is 9.50 Å². The lowest BCUT2D eigenvalue weighted by atomic mass is 10.1. The Morgan fingerprint density at radius 3 is 2.20 bits per heavy atom. The van der Waals surface area contributed by atoms with Gasteiger partial charge in [0.25, 0.3) is 0 Å². The summed E-state index contributed by atoms with van der Waals surface area (Å²) in [7, 11) is 0. The molecule has 2 N–H and O–H groups in total. The number of nitrogens with one attached hydrogen (secondary N) is 1. The Kier molecular flexibility index (Phi) is 6.11. The smallest absolute Gasteiger partial charge is 0.154 e. The molecule has 4 rings (SSSR count). The molecular weight excluding hydrogens is 377 g/mol. The highest BCUT2D eigenvalue weighted by Crippen LogP contribution is 2.28. The fraction of sp³-hybridized carbons (Fsp3) is 0.120. The summed E-state index contributed by atoms with van der Waals surface area (Å²) in [5.74, 6) is 0.211. The lowest BCUT2D eigenvalue weighted by molar-refractivity contribution is 0.193. The zero-order chi connectivity index (χ0) is 20.8. The van der Waals surface area contributed by atoms with Gasteiger partial charge in [0.1, 0.15) is 17.7 Å². The molecule has 30 heavy (non-hydrogen) atoms. The second-order valence-corrected chi connectivity index (χ2v) is 7.01. The van der Waals surface area contributed by atoms with Crippen LogP contribution in [0.25, 0.3) is 22.5 Å². The van der Waals surface area contributed by atoms with Gasteiger partial charge in [-0.2, -0.15) is 0 Å². The first-order valence-electron chi connectivity index (χ1n) is 9.86. The maximum atomic E-state index is 13.3. The first-order valence-corrected chi connectivity index (χ1v) is 9.86. The van der Waals surface area contributed by atoms with E-state index in [1.54, 1.807) is 18.3 Å². The van der Waals surface area contributed by atoms with Gasteiger partial charge in [0.2, 0.25) is 0 Å². The van der Waals surface area contributed by atoms with Gasteiger partial charge in [-0.05, 0) is 42.7 Å². The van der Waals surface area contributed by atoms with E-state index < -0.39 is 6.23 Å². The molecule has 0 radical (unpaired) electrons. The molecule has 1 unspecified atom stereocenters. The minimum atomic E-state index is -0.765. The van der Waals surface area contributed by atoms with Gasteiger partial charge in [-0.1, -0.05) is 60.7 Å². The van der Waals surface area contributed by atoms with E-state index in [9.17, 15) is 9.50 Å². The minimum absolute atomic E-state index is 0.296. The topological polar surface area (TPSA) is 58.0 Å². The minimum Gasteiger partial charge on any atom is -0.374 e. The molecule has 3 aromatic carbocycles. The van der Waals surface area contributed by atoms with Gasteiger partial charge in [0.05, 0.1) is 11.9 Å². The number of rotatable bonds is 7. The van der Waals surface area contributed by atoms with Crippen molar-refractivity contribution in [1.29, 1.82) is 0 Å². The Hall–Kier alpha value is -3.57. The van der Waals surface area contributed by atoms with Gasteiger partial charge in [-0.25, -0.2) is 14.4 Å². The third-order valence-electron chi connectivity index (χ3n) is 4.81. The summed E-state index contributed by atoms with van der Waals surface area (Å²) >= 11 is 0. The molecule has 1 atom stereocenters. The Bertz CT molecular complexity index is 1090. The van der Waals surface area contributed by atoms with Crippen LogP contribution in [0.15, 0.2) is 91.1 Å². The number of hydrogen-bond acceptors (Lipinski definition) is 4. The quantitative estimate of drug-likeness (QED) is 0.413. The van der Waals surface area contributed by atoms with E-state index in [2.05, 4.69) is 10.3 Å². The number of aromatic nitrogens is 2. The van der Waals surface area contributed by atoms with Gasteiger partial charge < -0.3 is 10.4 Å². The zero-order valence-corrected chi connectivity index (χ0v) is 16.4. The third kappa shape index (κ3) is 4.88. The van der Waals surface area contributed by atoms with Crippen molar-refractivity contribution >= 4 is 5.82 Å². The molecule has 1 aromatic heterocycles. The van der Waals surface area contributed by atoms with E-state index in [1.807, 2.05) is 60.7 Å². The maximum absolute atomic E-state index is 13.3. The predicted molar refractivity (Wildman–Crippen MR) is 117 cm³/mol. The van der Waals surface area contributed by atoms with Crippen molar-refractivity contribution in [3.63, 3.8) is 0 Å². The van der Waals surface area contributed by atoms with Crippen molar-refractivity contribution in [3.8, 4) is 22.5 Å². The highest BCUT2D eigenvalue weighted by Gasteiger charge is 2.14. The van der Waals surface area contributed by atoms with Crippen LogP contribution < -0.4 is 5.32 Å². The Balaban J connectivity index is 1.59. The number of benzene rings is 3. The van der Waals surface area contributed by atoms with Crippen molar-refractivity contribution in [2.45, 2.75) is 19.1 Å². The molecule has 0 aliphatic rings. The van der Waals surface area contributed by atoms with Crippen LogP contribution in [0.2, 0.25) is 0 Å². The van der Waals surface area contributed by atoms with Crippen LogP contribution in [0.3, 0.4) is 0 Å². The molecule has 0 saturated carbocycles. The molecule has 0 bridgehead atoms. The summed E-state index contributed by atoms with van der Waals surface area (Å²) in [5.41, 5.74) is 4.10. The van der Waals surface area contributed by atoms with Crippen molar-refractivity contribution in [1.82, 2.24) is 9.97 Å². The second-order valence-electron chi connectivity index (χ2n) is 7.01. The zero-order valence-electron chi connectivity index (χ0n) is 16.4. The number of aliphatic hydroxyl groups excluding tert-OH is 1. The van der Waals surface area contributed by atoms with Crippen molar-refractivity contribution in [2.24, 2.45) is 0 Å². The average molecular weight is 399 g/mol. The molecule has 0 fully saturated rings. The fourth-order valence-corrected chi connectivity index (χ4v) is 3.23. The molecule has 5 heteroatoms. The summed E-state index contributed by atoms with van der Waals surface area (Å²) in [6, 6.07) is 25.9. The van der Waals surface area contributed by atoms with Gasteiger partial charge in [0, 0.05) is 11.1 Å². The van der Waals surface area contributed by atoms with E-state index in [1.165, 1.54) is 17.7 Å². The summed E-state index contributed by atoms with van der Waals surface area (Å²) < 4.78 is 13.3. The van der Waals surface area contributed by atoms with Gasteiger partial charge in [-0.15, -0.1) is 0 Å². The fourth-order valence-electron chi connectivity index (χ4n) is 3.23. The molecule has 0 spiro atoms. The highest BCUT2D eigenvalue weighted by atomic mass is 19.1. The predicted octanol–water partition coefficient (Wildman–Crippen LogP) is 5.31. The Morgan fingerprint density at radius 2 is 1.50 bits per heavy atom. The van der Waals surface area contributed by atoms with Crippen LogP contribution >= 0.6 is 0 Å². The van der Waals surface area contributed by atoms with Crippen LogP contribution in [0, 0.1) is 5.82 Å². The highest BCUT2D eigenvalue weighted by molar-refractivity contribution is 5.74. The van der Waals surface area contributed by atoms with E-state index in [-0.39, 0.29) is 5.82 Å². The van der Waals surface area contributed by atoms with E-state index in [0.29, 0.717) is 23.6 Å². The lowest BCUT2D eigenvalue weighted by Gasteiger charge is -2.17. The number of hydrogen-bond donors (Lipinski definition) is 2. The molecule has 0 amide bonds. The van der Waals surface area contributed by atoms with E-state index >= 15 is 0 Å². The lowest BCUT2D eigenvalue weighted by Crippen LogP contribution is -2.21. The molecule has 150 valence electrons. The van der Waals surface area contributed by atoms with Crippen LogP contribution in [0.5, 0.6) is 0 Å². The maximum Gasteiger partial charge on any atom is 0.154 e. The molecule has 4 nitrogen and oxygen atoms in total. The molecule has 0 saturated heterocycles. The first kappa shape index (κ1) is 19.7. The SMILES string of the molecule is OC(CCc1ccccc1)Nc1ncc(-c2ccc(F)cc2)nc1-c1ccccc1. The average Bonchev–Trinajstić information content (AvgIpc) is 2.80. The van der Waals surface area contributed by atoms with Crippen LogP contribution in [-0.2, 0) is 6.42 Å². The molecule has 4 aromatic rings. The Labute approximate surface area is 175 Å². The number of nitrogens with zero attached hydrogens (tertiary/aromatic N) is 2. The van der Waals surface area contributed by atoms with Crippen molar-refractivity contribution in [2.75, 3.05) is 5.32 Å². The Morgan fingerprint density at radius 1 is 0.833 bits per heavy atom. The molecular formula is C25H22FN3O. The van der Waals surface area contributed by atoms with Gasteiger partial charge in [-0.3, -0.25) is 0 Å².